The first-order chi connectivity index (χ1) is 6.13. The highest BCUT2D eigenvalue weighted by atomic mass is 32.2. The van der Waals surface area contributed by atoms with Gasteiger partial charge in [-0.2, -0.15) is 9.44 Å². The zero-order valence-electron chi connectivity index (χ0n) is 6.34. The molecule has 0 rings (SSSR count). The molecule has 8 nitrogen and oxygen atoms in total. The van der Waals surface area contributed by atoms with Crippen molar-refractivity contribution in [2.24, 2.45) is 0 Å². The smallest absolute Gasteiger partial charge is 0.399 e. The lowest BCUT2D eigenvalue weighted by Crippen LogP contribution is -2.25. The van der Waals surface area contributed by atoms with E-state index in [0.717, 1.165) is 7.69 Å². The summed E-state index contributed by atoms with van der Waals surface area (Å²) in [4.78, 5) is 0. The normalized spacial score (nSPS) is 15.2. The molecule has 2 atom stereocenters. The van der Waals surface area contributed by atoms with Crippen molar-refractivity contribution >= 4 is 30.2 Å². The fourth-order valence-electron chi connectivity index (χ4n) is 0.285. The quantitative estimate of drug-likeness (QED) is 0.165. The van der Waals surface area contributed by atoms with E-state index in [9.17, 15) is 8.42 Å². The van der Waals surface area contributed by atoms with Gasteiger partial charge in [0.15, 0.2) is 0 Å². The number of hydrogen-bond donors (Lipinski definition) is 4. The molecule has 0 fully saturated rings. The molecule has 0 aromatic carbocycles. The highest BCUT2D eigenvalue weighted by molar-refractivity contribution is 7.77. The van der Waals surface area contributed by atoms with E-state index in [1.165, 1.54) is 0 Å². The summed E-state index contributed by atoms with van der Waals surface area (Å²) < 4.78 is 49.3. The average Bonchev–Trinajstić information content (AvgIpc) is 2.01. The molecular weight excluding hydrogens is 223 g/mol. The molecule has 11 heteroatoms. The second-order valence-corrected chi connectivity index (χ2v) is 3.08. The fourth-order valence-corrected chi connectivity index (χ4v) is 0.623. The standard InChI is InChI=1S/C2H8BN2O6S2/c6-12(7)4-1-10-3-11-2-5-13(8)9/h4-5H,1-2H2,(H,6,7)(H,8,9). The molecule has 0 saturated heterocycles. The van der Waals surface area contributed by atoms with Crippen molar-refractivity contribution < 1.29 is 26.8 Å². The van der Waals surface area contributed by atoms with Crippen LogP contribution >= 0.6 is 0 Å². The van der Waals surface area contributed by atoms with Crippen molar-refractivity contribution in [2.75, 3.05) is 13.5 Å². The molecule has 1 radical (unpaired) electrons. The monoisotopic (exact) mass is 231 g/mol. The Morgan fingerprint density at radius 2 is 1.46 bits per heavy atom. The summed E-state index contributed by atoms with van der Waals surface area (Å²) in [6.45, 7) is -0.406. The lowest BCUT2D eigenvalue weighted by molar-refractivity contribution is 0.216. The van der Waals surface area contributed by atoms with Crippen LogP contribution in [-0.2, 0) is 31.8 Å². The van der Waals surface area contributed by atoms with Gasteiger partial charge in [-0.15, -0.1) is 0 Å². The minimum atomic E-state index is -2.13. The third kappa shape index (κ3) is 12.1. The Hall–Kier alpha value is 0.125. The average molecular weight is 231 g/mol. The third-order valence-corrected chi connectivity index (χ3v) is 1.40. The minimum absolute atomic E-state index is 0.203. The Morgan fingerprint density at radius 3 is 1.77 bits per heavy atom. The predicted molar refractivity (Wildman–Crippen MR) is 45.5 cm³/mol. The van der Waals surface area contributed by atoms with Crippen LogP contribution in [0.25, 0.3) is 0 Å². The molecule has 4 N–H and O–H groups in total. The van der Waals surface area contributed by atoms with E-state index in [0.29, 0.717) is 0 Å². The molecule has 0 amide bonds. The van der Waals surface area contributed by atoms with E-state index < -0.39 is 22.5 Å². The van der Waals surface area contributed by atoms with E-state index in [1.54, 1.807) is 0 Å². The van der Waals surface area contributed by atoms with Crippen molar-refractivity contribution in [3.05, 3.63) is 0 Å². The van der Waals surface area contributed by atoms with E-state index in [4.69, 9.17) is 9.11 Å². The molecule has 0 aromatic rings. The van der Waals surface area contributed by atoms with Gasteiger partial charge in [0, 0.05) is 0 Å². The Kier molecular flexibility index (Phi) is 8.79. The van der Waals surface area contributed by atoms with Gasteiger partial charge in [-0.1, -0.05) is 0 Å². The topological polar surface area (TPSA) is 117 Å². The molecule has 77 valence electrons. The van der Waals surface area contributed by atoms with Crippen LogP contribution in [0.3, 0.4) is 0 Å². The van der Waals surface area contributed by atoms with E-state index in [1.807, 2.05) is 9.44 Å². The van der Waals surface area contributed by atoms with Crippen molar-refractivity contribution in [2.45, 2.75) is 0 Å². The van der Waals surface area contributed by atoms with Gasteiger partial charge in [-0.25, -0.2) is 8.42 Å². The van der Waals surface area contributed by atoms with Crippen molar-refractivity contribution in [3.63, 3.8) is 0 Å². The summed E-state index contributed by atoms with van der Waals surface area (Å²) in [5.41, 5.74) is 0. The zero-order valence-corrected chi connectivity index (χ0v) is 7.97. The fraction of sp³-hybridized carbons (Fsp3) is 1.00. The summed E-state index contributed by atoms with van der Waals surface area (Å²) in [5, 5.41) is 0. The summed E-state index contributed by atoms with van der Waals surface area (Å²) in [6.07, 6.45) is 0. The first kappa shape index (κ1) is 13.1. The van der Waals surface area contributed by atoms with E-state index in [2.05, 4.69) is 9.31 Å². The number of nitrogens with one attached hydrogen (secondary N) is 2. The molecule has 0 aromatic heterocycles. The van der Waals surface area contributed by atoms with Gasteiger partial charge in [0.05, 0.1) is 13.5 Å². The van der Waals surface area contributed by atoms with Gasteiger partial charge >= 0.3 is 7.69 Å². The summed E-state index contributed by atoms with van der Waals surface area (Å²) in [6, 6.07) is 0. The molecule has 0 saturated carbocycles. The molecule has 0 aliphatic rings. The lowest BCUT2D eigenvalue weighted by atomic mass is 10.4. The van der Waals surface area contributed by atoms with E-state index in [-0.39, 0.29) is 13.5 Å². The first-order valence-corrected chi connectivity index (χ1v) is 5.08. The summed E-state index contributed by atoms with van der Waals surface area (Å²) >= 11 is -4.27. The highest BCUT2D eigenvalue weighted by Gasteiger charge is 1.96. The maximum Gasteiger partial charge on any atom is 0.490 e. The molecular formula is C2H8BN2O6S2. The van der Waals surface area contributed by atoms with Crippen LogP contribution in [0.1, 0.15) is 0 Å². The molecule has 13 heavy (non-hydrogen) atoms. The van der Waals surface area contributed by atoms with Gasteiger partial charge < -0.3 is 9.31 Å². The number of hydrogen-bond acceptors (Lipinski definition) is 4. The van der Waals surface area contributed by atoms with Crippen LogP contribution in [0.5, 0.6) is 0 Å². The Labute approximate surface area is 80.5 Å². The largest absolute Gasteiger partial charge is 0.490 e. The minimum Gasteiger partial charge on any atom is -0.399 e. The lowest BCUT2D eigenvalue weighted by Gasteiger charge is -2.02. The molecule has 0 heterocycles. The number of rotatable bonds is 8. The van der Waals surface area contributed by atoms with Gasteiger partial charge in [-0.3, -0.25) is 9.11 Å². The van der Waals surface area contributed by atoms with Crippen LogP contribution in [-0.4, -0.2) is 38.7 Å². The predicted octanol–water partition coefficient (Wildman–Crippen LogP) is -2.08. The summed E-state index contributed by atoms with van der Waals surface area (Å²) in [7, 11) is 0.861. The maximum atomic E-state index is 9.96. The van der Waals surface area contributed by atoms with Crippen LogP contribution < -0.4 is 9.44 Å². The second kappa shape index (κ2) is 8.71. The zero-order chi connectivity index (χ0) is 10.1. The molecule has 0 aliphatic heterocycles. The third-order valence-electron chi connectivity index (χ3n) is 0.668. The van der Waals surface area contributed by atoms with Crippen LogP contribution in [0.4, 0.5) is 0 Å². The highest BCUT2D eigenvalue weighted by Crippen LogP contribution is 1.72. The molecule has 0 bridgehead atoms. The van der Waals surface area contributed by atoms with Crippen molar-refractivity contribution in [1.82, 2.24) is 9.44 Å². The van der Waals surface area contributed by atoms with Crippen LogP contribution in [0, 0.1) is 0 Å². The van der Waals surface area contributed by atoms with Crippen LogP contribution in [0.15, 0.2) is 0 Å². The first-order valence-electron chi connectivity index (χ1n) is 2.86. The van der Waals surface area contributed by atoms with Gasteiger partial charge in [0.1, 0.15) is 0 Å². The van der Waals surface area contributed by atoms with Gasteiger partial charge in [0.2, 0.25) is 22.5 Å². The van der Waals surface area contributed by atoms with Gasteiger partial charge in [0.25, 0.3) is 0 Å². The summed E-state index contributed by atoms with van der Waals surface area (Å²) in [5.74, 6) is 0. The Balaban J connectivity index is 3.00. The second-order valence-electron chi connectivity index (χ2n) is 1.51. The van der Waals surface area contributed by atoms with Crippen molar-refractivity contribution in [1.29, 1.82) is 0 Å². The molecule has 0 aliphatic carbocycles. The van der Waals surface area contributed by atoms with Crippen LogP contribution in [0.2, 0.25) is 0 Å². The maximum absolute atomic E-state index is 9.96. The van der Waals surface area contributed by atoms with Gasteiger partial charge in [-0.05, 0) is 0 Å². The van der Waals surface area contributed by atoms with Crippen molar-refractivity contribution in [3.8, 4) is 0 Å². The Morgan fingerprint density at radius 1 is 1.08 bits per heavy atom. The van der Waals surface area contributed by atoms with E-state index >= 15 is 0 Å². The SMILES string of the molecule is O=S(O)NCO[B]OCNS(=O)O. The molecule has 0 spiro atoms. The molecule has 2 unspecified atom stereocenters. The Bertz CT molecular complexity index is 162.